The van der Waals surface area contributed by atoms with Crippen molar-refractivity contribution < 1.29 is 14.6 Å². The fourth-order valence-electron chi connectivity index (χ4n) is 1.43. The van der Waals surface area contributed by atoms with E-state index in [0.717, 1.165) is 0 Å². The number of aliphatic hydroxyl groups excluding tert-OH is 1. The van der Waals surface area contributed by atoms with Crippen LogP contribution in [-0.2, 0) is 4.74 Å². The SMILES string of the molecule is NC1C=CN([C@H]2CS[C@@H](CO)O2)C(=O)N1. The third-order valence-electron chi connectivity index (χ3n) is 2.17. The van der Waals surface area contributed by atoms with Crippen LogP contribution in [0.4, 0.5) is 4.79 Å². The molecule has 0 aromatic heterocycles. The van der Waals surface area contributed by atoms with Crippen LogP contribution in [0.3, 0.4) is 0 Å². The Labute approximate surface area is 91.4 Å². The molecule has 3 atom stereocenters. The fourth-order valence-corrected chi connectivity index (χ4v) is 2.36. The molecule has 4 N–H and O–H groups in total. The first-order chi connectivity index (χ1) is 7.20. The van der Waals surface area contributed by atoms with Crippen molar-refractivity contribution >= 4 is 17.8 Å². The second-order valence-corrected chi connectivity index (χ2v) is 4.45. The molecule has 2 aliphatic rings. The Kier molecular flexibility index (Phi) is 3.15. The van der Waals surface area contributed by atoms with E-state index in [-0.39, 0.29) is 24.3 Å². The molecule has 84 valence electrons. The van der Waals surface area contributed by atoms with Crippen LogP contribution in [0, 0.1) is 0 Å². The Morgan fingerprint density at radius 1 is 1.80 bits per heavy atom. The zero-order chi connectivity index (χ0) is 10.8. The largest absolute Gasteiger partial charge is 0.393 e. The number of urea groups is 1. The smallest absolute Gasteiger partial charge is 0.325 e. The molecule has 1 fully saturated rings. The van der Waals surface area contributed by atoms with Crippen LogP contribution in [0.5, 0.6) is 0 Å². The van der Waals surface area contributed by atoms with E-state index in [0.29, 0.717) is 5.75 Å². The number of nitrogens with one attached hydrogen (secondary N) is 1. The van der Waals surface area contributed by atoms with Crippen LogP contribution in [0.1, 0.15) is 0 Å². The second kappa shape index (κ2) is 4.40. The molecule has 0 radical (unpaired) electrons. The first-order valence-corrected chi connectivity index (χ1v) is 5.66. The Morgan fingerprint density at radius 2 is 2.60 bits per heavy atom. The van der Waals surface area contributed by atoms with Gasteiger partial charge >= 0.3 is 6.03 Å². The molecule has 0 aromatic carbocycles. The number of aliphatic hydroxyl groups is 1. The fraction of sp³-hybridized carbons (Fsp3) is 0.625. The lowest BCUT2D eigenvalue weighted by molar-refractivity contribution is -0.0219. The third-order valence-corrected chi connectivity index (χ3v) is 3.28. The number of hydrogen-bond donors (Lipinski definition) is 3. The van der Waals surface area contributed by atoms with Gasteiger partial charge in [0.25, 0.3) is 0 Å². The Balaban J connectivity index is 1.99. The molecule has 0 saturated carbocycles. The molecule has 0 aliphatic carbocycles. The molecule has 6 nitrogen and oxygen atoms in total. The summed E-state index contributed by atoms with van der Waals surface area (Å²) in [4.78, 5) is 13.0. The van der Waals surface area contributed by atoms with Gasteiger partial charge in [-0.15, -0.1) is 11.8 Å². The van der Waals surface area contributed by atoms with Gasteiger partial charge in [0.1, 0.15) is 11.7 Å². The van der Waals surface area contributed by atoms with Gasteiger partial charge in [0.15, 0.2) is 0 Å². The minimum absolute atomic E-state index is 0.0418. The van der Waals surface area contributed by atoms with E-state index in [1.54, 1.807) is 12.3 Å². The van der Waals surface area contributed by atoms with E-state index in [1.165, 1.54) is 16.7 Å². The molecule has 0 aromatic rings. The van der Waals surface area contributed by atoms with Crippen molar-refractivity contribution in [3.8, 4) is 0 Å². The average molecular weight is 231 g/mol. The second-order valence-electron chi connectivity index (χ2n) is 3.26. The van der Waals surface area contributed by atoms with Gasteiger partial charge in [0.2, 0.25) is 0 Å². The van der Waals surface area contributed by atoms with E-state index in [1.807, 2.05) is 0 Å². The summed E-state index contributed by atoms with van der Waals surface area (Å²) < 4.78 is 5.44. The van der Waals surface area contributed by atoms with Crippen LogP contribution in [0.2, 0.25) is 0 Å². The van der Waals surface area contributed by atoms with Gasteiger partial charge in [-0.2, -0.15) is 0 Å². The number of carbonyl (C=O) groups excluding carboxylic acids is 1. The zero-order valence-electron chi connectivity index (χ0n) is 8.00. The molecule has 15 heavy (non-hydrogen) atoms. The lowest BCUT2D eigenvalue weighted by atomic mass is 10.4. The summed E-state index contributed by atoms with van der Waals surface area (Å²) in [6.07, 6.45) is 2.54. The molecule has 1 saturated heterocycles. The monoisotopic (exact) mass is 231 g/mol. The van der Waals surface area contributed by atoms with Crippen molar-refractivity contribution in [2.75, 3.05) is 12.4 Å². The van der Waals surface area contributed by atoms with E-state index in [2.05, 4.69) is 5.32 Å². The molecule has 2 aliphatic heterocycles. The van der Waals surface area contributed by atoms with Crippen molar-refractivity contribution in [3.05, 3.63) is 12.3 Å². The number of thioether (sulfide) groups is 1. The summed E-state index contributed by atoms with van der Waals surface area (Å²) in [5, 5.41) is 11.5. The minimum Gasteiger partial charge on any atom is -0.393 e. The van der Waals surface area contributed by atoms with Crippen molar-refractivity contribution in [2.45, 2.75) is 17.8 Å². The van der Waals surface area contributed by atoms with Crippen LogP contribution >= 0.6 is 11.8 Å². The number of ether oxygens (including phenoxy) is 1. The molecule has 0 bridgehead atoms. The summed E-state index contributed by atoms with van der Waals surface area (Å²) in [6, 6.07) is -0.269. The van der Waals surface area contributed by atoms with Crippen LogP contribution in [0.15, 0.2) is 12.3 Å². The first kappa shape index (κ1) is 10.7. The average Bonchev–Trinajstić information content (AvgIpc) is 2.66. The topological polar surface area (TPSA) is 87.8 Å². The lowest BCUT2D eigenvalue weighted by Crippen LogP contribution is -2.53. The molecule has 0 spiro atoms. The molecular weight excluding hydrogens is 218 g/mol. The first-order valence-electron chi connectivity index (χ1n) is 4.61. The quantitative estimate of drug-likeness (QED) is 0.580. The highest BCUT2D eigenvalue weighted by molar-refractivity contribution is 8.00. The maximum atomic E-state index is 11.5. The normalized spacial score (nSPS) is 35.7. The highest BCUT2D eigenvalue weighted by Crippen LogP contribution is 2.27. The number of nitrogens with zero attached hydrogens (tertiary/aromatic N) is 1. The predicted octanol–water partition coefficient (Wildman–Crippen LogP) is -0.782. The van der Waals surface area contributed by atoms with Crippen LogP contribution in [0.25, 0.3) is 0 Å². The minimum atomic E-state index is -0.434. The Morgan fingerprint density at radius 3 is 3.20 bits per heavy atom. The number of carbonyl (C=O) groups is 1. The van der Waals surface area contributed by atoms with E-state index < -0.39 is 6.17 Å². The van der Waals surface area contributed by atoms with Crippen molar-refractivity contribution in [1.82, 2.24) is 10.2 Å². The molecule has 1 unspecified atom stereocenters. The maximum Gasteiger partial charge on any atom is 0.325 e. The lowest BCUT2D eigenvalue weighted by Gasteiger charge is -2.29. The highest BCUT2D eigenvalue weighted by Gasteiger charge is 2.33. The number of nitrogens with two attached hydrogens (primary N) is 1. The Bertz CT molecular complexity index is 286. The van der Waals surface area contributed by atoms with Gasteiger partial charge in [-0.3, -0.25) is 4.90 Å². The van der Waals surface area contributed by atoms with Gasteiger partial charge in [-0.05, 0) is 6.08 Å². The zero-order valence-corrected chi connectivity index (χ0v) is 8.81. The summed E-state index contributed by atoms with van der Waals surface area (Å²) in [5.74, 6) is 0.651. The number of hydrogen-bond acceptors (Lipinski definition) is 5. The summed E-state index contributed by atoms with van der Waals surface area (Å²) in [6.45, 7) is -0.0418. The van der Waals surface area contributed by atoms with Gasteiger partial charge in [0.05, 0.1) is 12.8 Å². The third kappa shape index (κ3) is 2.25. The molecule has 2 heterocycles. The summed E-state index contributed by atoms with van der Waals surface area (Å²) >= 11 is 1.49. The van der Waals surface area contributed by atoms with Crippen LogP contribution in [-0.4, -0.2) is 46.2 Å². The maximum absolute atomic E-state index is 11.5. The number of rotatable bonds is 2. The predicted molar refractivity (Wildman–Crippen MR) is 55.7 cm³/mol. The Hall–Kier alpha value is -0.760. The van der Waals surface area contributed by atoms with Crippen molar-refractivity contribution in [3.63, 3.8) is 0 Å². The van der Waals surface area contributed by atoms with Gasteiger partial charge in [-0.1, -0.05) is 0 Å². The molecule has 2 amide bonds. The number of amides is 2. The van der Waals surface area contributed by atoms with E-state index in [4.69, 9.17) is 15.6 Å². The summed E-state index contributed by atoms with van der Waals surface area (Å²) in [5.41, 5.74) is 5.26. The molecule has 2 rings (SSSR count). The molecule has 7 heteroatoms. The summed E-state index contributed by atoms with van der Waals surface area (Å²) in [7, 11) is 0. The molecular formula is C8H13N3O3S. The van der Waals surface area contributed by atoms with Gasteiger partial charge in [0, 0.05) is 12.0 Å². The van der Waals surface area contributed by atoms with Crippen LogP contribution < -0.4 is 11.1 Å². The standard InChI is InChI=1S/C8H13N3O3S/c9-5-1-2-11(8(13)10-5)6-4-15-7(3-12)14-6/h1-2,5-7,12H,3-4,9H2,(H,10,13)/t5?,6-,7+/m1/s1. The van der Waals surface area contributed by atoms with Crippen molar-refractivity contribution in [1.29, 1.82) is 0 Å². The van der Waals surface area contributed by atoms with E-state index >= 15 is 0 Å². The van der Waals surface area contributed by atoms with Gasteiger partial charge < -0.3 is 20.9 Å². The van der Waals surface area contributed by atoms with E-state index in [9.17, 15) is 4.79 Å². The highest BCUT2D eigenvalue weighted by atomic mass is 32.2. The van der Waals surface area contributed by atoms with Crippen molar-refractivity contribution in [2.24, 2.45) is 5.73 Å². The van der Waals surface area contributed by atoms with Gasteiger partial charge in [-0.25, -0.2) is 4.79 Å².